The Labute approximate surface area is 112 Å². The Morgan fingerprint density at radius 1 is 0.889 bits per heavy atom. The van der Waals surface area contributed by atoms with E-state index in [0.29, 0.717) is 6.04 Å². The molecule has 0 radical (unpaired) electrons. The van der Waals surface area contributed by atoms with Gasteiger partial charge >= 0.3 is 0 Å². The molecule has 2 nitrogen and oxygen atoms in total. The number of hydrogen-bond donors (Lipinski definition) is 1. The molecule has 3 rings (SSSR count). The van der Waals surface area contributed by atoms with E-state index < -0.39 is 0 Å². The zero-order valence-electron chi connectivity index (χ0n) is 11.8. The van der Waals surface area contributed by atoms with Crippen LogP contribution in [0.1, 0.15) is 64.2 Å². The van der Waals surface area contributed by atoms with Crippen molar-refractivity contribution in [2.75, 3.05) is 13.1 Å². The normalized spacial score (nSPS) is 33.5. The van der Waals surface area contributed by atoms with Gasteiger partial charge in [0, 0.05) is 18.6 Å². The van der Waals surface area contributed by atoms with Gasteiger partial charge in [-0.25, -0.2) is 0 Å². The van der Waals surface area contributed by atoms with Crippen LogP contribution in [0.25, 0.3) is 0 Å². The monoisotopic (exact) mass is 250 g/mol. The summed E-state index contributed by atoms with van der Waals surface area (Å²) in [5, 5.41) is 0. The summed E-state index contributed by atoms with van der Waals surface area (Å²) in [5.74, 6) is 1.83. The minimum atomic E-state index is 0.453. The molecule has 1 heterocycles. The third-order valence-corrected chi connectivity index (χ3v) is 5.81. The first-order valence-corrected chi connectivity index (χ1v) is 8.34. The van der Waals surface area contributed by atoms with Gasteiger partial charge in [-0.15, -0.1) is 0 Å². The van der Waals surface area contributed by atoms with Crippen LogP contribution in [0, 0.1) is 11.8 Å². The first-order valence-electron chi connectivity index (χ1n) is 8.34. The van der Waals surface area contributed by atoms with Crippen molar-refractivity contribution in [2.45, 2.75) is 76.3 Å². The highest BCUT2D eigenvalue weighted by atomic mass is 15.2. The van der Waals surface area contributed by atoms with Gasteiger partial charge < -0.3 is 5.73 Å². The maximum atomic E-state index is 6.48. The molecule has 3 fully saturated rings. The van der Waals surface area contributed by atoms with Gasteiger partial charge in [-0.2, -0.15) is 0 Å². The molecule has 1 aliphatic heterocycles. The molecule has 0 aromatic carbocycles. The van der Waals surface area contributed by atoms with Crippen molar-refractivity contribution in [3.05, 3.63) is 0 Å². The summed E-state index contributed by atoms with van der Waals surface area (Å²) in [4.78, 5) is 2.76. The lowest BCUT2D eigenvalue weighted by Gasteiger charge is -2.33. The van der Waals surface area contributed by atoms with Crippen LogP contribution in [-0.2, 0) is 0 Å². The van der Waals surface area contributed by atoms with Crippen molar-refractivity contribution in [2.24, 2.45) is 17.6 Å². The highest BCUT2D eigenvalue weighted by Gasteiger charge is 2.35. The Balaban J connectivity index is 1.53. The van der Waals surface area contributed by atoms with E-state index in [2.05, 4.69) is 4.90 Å². The second-order valence-corrected chi connectivity index (χ2v) is 6.96. The minimum absolute atomic E-state index is 0.453. The molecule has 2 saturated carbocycles. The molecule has 0 aromatic rings. The van der Waals surface area contributed by atoms with Gasteiger partial charge in [-0.3, -0.25) is 4.90 Å². The predicted molar refractivity (Wildman–Crippen MR) is 76.5 cm³/mol. The first-order chi connectivity index (χ1) is 8.84. The molecule has 2 heteroatoms. The number of rotatable bonds is 4. The quantitative estimate of drug-likeness (QED) is 0.830. The fourth-order valence-electron chi connectivity index (χ4n) is 4.76. The van der Waals surface area contributed by atoms with Crippen LogP contribution in [0.2, 0.25) is 0 Å². The Morgan fingerprint density at radius 2 is 1.56 bits per heavy atom. The van der Waals surface area contributed by atoms with E-state index >= 15 is 0 Å². The lowest BCUT2D eigenvalue weighted by atomic mass is 9.94. The van der Waals surface area contributed by atoms with E-state index in [-0.39, 0.29) is 0 Å². The molecule has 2 N–H and O–H groups in total. The average Bonchev–Trinajstić information content (AvgIpc) is 3.11. The van der Waals surface area contributed by atoms with Gasteiger partial charge in [0.15, 0.2) is 0 Å². The molecule has 104 valence electrons. The van der Waals surface area contributed by atoms with Crippen molar-refractivity contribution in [3.8, 4) is 0 Å². The van der Waals surface area contributed by atoms with Crippen molar-refractivity contribution in [3.63, 3.8) is 0 Å². The molecule has 0 spiro atoms. The molecule has 1 saturated heterocycles. The Bertz CT molecular complexity index is 254. The summed E-state index contributed by atoms with van der Waals surface area (Å²) in [5.41, 5.74) is 6.48. The molecule has 2 aliphatic carbocycles. The minimum Gasteiger partial charge on any atom is -0.326 e. The molecular weight excluding hydrogens is 220 g/mol. The van der Waals surface area contributed by atoms with E-state index in [0.717, 1.165) is 17.9 Å². The number of nitrogens with zero attached hydrogens (tertiary/aromatic N) is 1. The van der Waals surface area contributed by atoms with Crippen LogP contribution >= 0.6 is 0 Å². The summed E-state index contributed by atoms with van der Waals surface area (Å²) < 4.78 is 0. The summed E-state index contributed by atoms with van der Waals surface area (Å²) >= 11 is 0. The lowest BCUT2D eigenvalue weighted by Crippen LogP contribution is -2.45. The summed E-state index contributed by atoms with van der Waals surface area (Å²) in [6.07, 6.45) is 14.4. The lowest BCUT2D eigenvalue weighted by molar-refractivity contribution is 0.167. The van der Waals surface area contributed by atoms with E-state index in [1.807, 2.05) is 0 Å². The molecule has 3 aliphatic rings. The molecular formula is C16H30N2. The highest BCUT2D eigenvalue weighted by molar-refractivity contribution is 4.90. The molecule has 0 amide bonds. The second kappa shape index (κ2) is 5.92. The van der Waals surface area contributed by atoms with Gasteiger partial charge in [-0.1, -0.05) is 25.7 Å². The van der Waals surface area contributed by atoms with Crippen LogP contribution in [-0.4, -0.2) is 30.1 Å². The zero-order chi connectivity index (χ0) is 12.4. The van der Waals surface area contributed by atoms with Crippen LogP contribution in [0.4, 0.5) is 0 Å². The largest absolute Gasteiger partial charge is 0.326 e. The van der Waals surface area contributed by atoms with Gasteiger partial charge in [0.1, 0.15) is 0 Å². The molecule has 2 unspecified atom stereocenters. The van der Waals surface area contributed by atoms with Crippen LogP contribution in [0.5, 0.6) is 0 Å². The van der Waals surface area contributed by atoms with Crippen molar-refractivity contribution in [1.82, 2.24) is 4.90 Å². The SMILES string of the molecule is NC(CN1CCCC1C1CCCC1)C1CCCC1. The first kappa shape index (κ1) is 12.9. The van der Waals surface area contributed by atoms with Gasteiger partial charge in [0.05, 0.1) is 0 Å². The second-order valence-electron chi connectivity index (χ2n) is 6.96. The molecule has 2 atom stereocenters. The van der Waals surface area contributed by atoms with E-state index in [1.54, 1.807) is 0 Å². The molecule has 18 heavy (non-hydrogen) atoms. The predicted octanol–water partition coefficient (Wildman–Crippen LogP) is 3.16. The van der Waals surface area contributed by atoms with Crippen LogP contribution in [0.3, 0.4) is 0 Å². The fraction of sp³-hybridized carbons (Fsp3) is 1.00. The number of hydrogen-bond acceptors (Lipinski definition) is 2. The maximum absolute atomic E-state index is 6.48. The summed E-state index contributed by atoms with van der Waals surface area (Å²) in [6.45, 7) is 2.51. The third kappa shape index (κ3) is 2.75. The highest BCUT2D eigenvalue weighted by Crippen LogP contribution is 2.36. The van der Waals surface area contributed by atoms with Crippen LogP contribution in [0.15, 0.2) is 0 Å². The zero-order valence-corrected chi connectivity index (χ0v) is 11.8. The average molecular weight is 250 g/mol. The van der Waals surface area contributed by atoms with Gasteiger partial charge in [0.25, 0.3) is 0 Å². The third-order valence-electron chi connectivity index (χ3n) is 5.81. The summed E-state index contributed by atoms with van der Waals surface area (Å²) in [6, 6.07) is 1.34. The Morgan fingerprint density at radius 3 is 2.28 bits per heavy atom. The fourth-order valence-corrected chi connectivity index (χ4v) is 4.76. The number of nitrogens with two attached hydrogens (primary N) is 1. The van der Waals surface area contributed by atoms with Gasteiger partial charge in [-0.05, 0) is 56.9 Å². The Kier molecular flexibility index (Phi) is 4.25. The molecule has 0 aromatic heterocycles. The van der Waals surface area contributed by atoms with Crippen molar-refractivity contribution < 1.29 is 0 Å². The summed E-state index contributed by atoms with van der Waals surface area (Å²) in [7, 11) is 0. The van der Waals surface area contributed by atoms with E-state index in [4.69, 9.17) is 5.73 Å². The van der Waals surface area contributed by atoms with Crippen molar-refractivity contribution >= 4 is 0 Å². The smallest absolute Gasteiger partial charge is 0.0196 e. The molecule has 0 bridgehead atoms. The van der Waals surface area contributed by atoms with Gasteiger partial charge in [0.2, 0.25) is 0 Å². The number of likely N-dealkylation sites (tertiary alicyclic amines) is 1. The van der Waals surface area contributed by atoms with Crippen LogP contribution < -0.4 is 5.73 Å². The Hall–Kier alpha value is -0.0800. The topological polar surface area (TPSA) is 29.3 Å². The standard InChI is InChI=1S/C16H30N2/c17-15(13-6-1-2-7-13)12-18-11-5-10-16(18)14-8-3-4-9-14/h13-16H,1-12,17H2. The van der Waals surface area contributed by atoms with Crippen molar-refractivity contribution in [1.29, 1.82) is 0 Å². The maximum Gasteiger partial charge on any atom is 0.0196 e. The van der Waals surface area contributed by atoms with E-state index in [1.165, 1.54) is 77.3 Å². The van der Waals surface area contributed by atoms with E-state index in [9.17, 15) is 0 Å².